The van der Waals surface area contributed by atoms with Crippen LogP contribution in [0.5, 0.6) is 0 Å². The first-order valence-corrected chi connectivity index (χ1v) is 5.58. The summed E-state index contributed by atoms with van der Waals surface area (Å²) in [5, 5.41) is 3.40. The molecule has 96 valence electrons. The first-order chi connectivity index (χ1) is 7.65. The Hall–Kier alpha value is -0.740. The van der Waals surface area contributed by atoms with Crippen molar-refractivity contribution in [1.82, 2.24) is 5.32 Å². The average Bonchev–Trinajstić information content (AvgIpc) is 2.19. The van der Waals surface area contributed by atoms with Crippen LogP contribution in [0.4, 0.5) is 13.2 Å². The Morgan fingerprint density at radius 1 is 1.24 bits per heavy atom. The van der Waals surface area contributed by atoms with Crippen LogP contribution in [0.2, 0.25) is 5.02 Å². The van der Waals surface area contributed by atoms with Crippen LogP contribution in [-0.2, 0) is 12.6 Å². The lowest BCUT2D eigenvalue weighted by Crippen LogP contribution is -2.38. The van der Waals surface area contributed by atoms with Gasteiger partial charge in [0, 0.05) is 10.6 Å². The normalized spacial score (nSPS) is 12.9. The lowest BCUT2D eigenvalue weighted by atomic mass is 9.94. The van der Waals surface area contributed by atoms with Crippen LogP contribution in [0.15, 0.2) is 18.2 Å². The molecule has 0 fully saturated rings. The predicted molar refractivity (Wildman–Crippen MR) is 63.3 cm³/mol. The molecule has 1 nitrogen and oxygen atoms in total. The summed E-state index contributed by atoms with van der Waals surface area (Å²) in [6.45, 7) is 3.81. The molecule has 17 heavy (non-hydrogen) atoms. The summed E-state index contributed by atoms with van der Waals surface area (Å²) in [5.41, 5.74) is -0.460. The molecule has 0 radical (unpaired) electrons. The van der Waals surface area contributed by atoms with Crippen LogP contribution < -0.4 is 5.32 Å². The minimum atomic E-state index is -4.33. The summed E-state index contributed by atoms with van der Waals surface area (Å²) >= 11 is 5.91. The molecule has 0 aliphatic carbocycles. The summed E-state index contributed by atoms with van der Waals surface area (Å²) in [6, 6.07) is 3.41. The zero-order valence-electron chi connectivity index (χ0n) is 9.95. The highest BCUT2D eigenvalue weighted by atomic mass is 35.5. The van der Waals surface area contributed by atoms with Gasteiger partial charge >= 0.3 is 6.18 Å². The fourth-order valence-corrected chi connectivity index (χ4v) is 1.64. The summed E-state index contributed by atoms with van der Waals surface area (Å²) in [5.74, 6) is 0. The zero-order chi connectivity index (χ0) is 13.3. The highest BCUT2D eigenvalue weighted by Crippen LogP contribution is 2.32. The molecule has 0 heterocycles. The van der Waals surface area contributed by atoms with Gasteiger partial charge in [-0.25, -0.2) is 0 Å². The zero-order valence-corrected chi connectivity index (χ0v) is 10.7. The van der Waals surface area contributed by atoms with E-state index >= 15 is 0 Å². The van der Waals surface area contributed by atoms with E-state index in [1.807, 2.05) is 13.8 Å². The van der Waals surface area contributed by atoms with Crippen molar-refractivity contribution in [2.45, 2.75) is 32.0 Å². The Labute approximate surface area is 104 Å². The minimum absolute atomic E-state index is 0.298. The average molecular weight is 266 g/mol. The van der Waals surface area contributed by atoms with E-state index in [0.717, 1.165) is 12.1 Å². The van der Waals surface area contributed by atoms with Crippen LogP contribution >= 0.6 is 11.6 Å². The topological polar surface area (TPSA) is 12.0 Å². The van der Waals surface area contributed by atoms with Gasteiger partial charge in [0.2, 0.25) is 0 Å². The second kappa shape index (κ2) is 4.86. The van der Waals surface area contributed by atoms with Crippen molar-refractivity contribution in [1.29, 1.82) is 0 Å². The standard InChI is InChI=1S/C12H15ClF3N/c1-11(2,17-3)7-8-6-9(12(14,15)16)4-5-10(8)13/h4-6,17H,7H2,1-3H3. The Kier molecular flexibility index (Phi) is 4.10. The second-order valence-corrected chi connectivity index (χ2v) is 5.02. The molecular formula is C12H15ClF3N. The third kappa shape index (κ3) is 3.89. The van der Waals surface area contributed by atoms with E-state index in [2.05, 4.69) is 5.32 Å². The van der Waals surface area contributed by atoms with Crippen molar-refractivity contribution in [2.24, 2.45) is 0 Å². The van der Waals surface area contributed by atoms with Gasteiger partial charge in [-0.05, 0) is 51.1 Å². The summed E-state index contributed by atoms with van der Waals surface area (Å²) < 4.78 is 37.7. The molecule has 0 aromatic heterocycles. The molecule has 0 aliphatic heterocycles. The minimum Gasteiger partial charge on any atom is -0.314 e. The molecule has 0 bridgehead atoms. The summed E-state index contributed by atoms with van der Waals surface area (Å²) in [4.78, 5) is 0. The number of rotatable bonds is 3. The summed E-state index contributed by atoms with van der Waals surface area (Å²) in [7, 11) is 1.77. The van der Waals surface area contributed by atoms with Gasteiger partial charge in [-0.3, -0.25) is 0 Å². The lowest BCUT2D eigenvalue weighted by molar-refractivity contribution is -0.137. The van der Waals surface area contributed by atoms with Crippen molar-refractivity contribution < 1.29 is 13.2 Å². The maximum atomic E-state index is 12.6. The highest BCUT2D eigenvalue weighted by Gasteiger charge is 2.31. The first kappa shape index (κ1) is 14.3. The summed E-state index contributed by atoms with van der Waals surface area (Å²) in [6.07, 6.45) is -3.89. The van der Waals surface area contributed by atoms with Crippen molar-refractivity contribution in [2.75, 3.05) is 7.05 Å². The number of nitrogens with one attached hydrogen (secondary N) is 1. The van der Waals surface area contributed by atoms with Gasteiger partial charge in [0.25, 0.3) is 0 Å². The molecule has 0 saturated heterocycles. The van der Waals surface area contributed by atoms with Gasteiger partial charge in [-0.1, -0.05) is 11.6 Å². The van der Waals surface area contributed by atoms with Crippen LogP contribution in [-0.4, -0.2) is 12.6 Å². The monoisotopic (exact) mass is 265 g/mol. The Morgan fingerprint density at radius 3 is 2.29 bits per heavy atom. The van der Waals surface area contributed by atoms with Crippen molar-refractivity contribution in [3.8, 4) is 0 Å². The largest absolute Gasteiger partial charge is 0.416 e. The molecule has 0 spiro atoms. The number of halogens is 4. The molecule has 1 N–H and O–H groups in total. The molecule has 1 rings (SSSR count). The smallest absolute Gasteiger partial charge is 0.314 e. The van der Waals surface area contributed by atoms with E-state index in [1.165, 1.54) is 6.07 Å². The molecule has 1 aromatic rings. The van der Waals surface area contributed by atoms with E-state index in [0.29, 0.717) is 17.0 Å². The van der Waals surface area contributed by atoms with Crippen molar-refractivity contribution in [3.05, 3.63) is 34.3 Å². The van der Waals surface area contributed by atoms with E-state index in [4.69, 9.17) is 11.6 Å². The number of alkyl halides is 3. The number of benzene rings is 1. The van der Waals surface area contributed by atoms with Crippen LogP contribution in [0.3, 0.4) is 0 Å². The molecule has 0 unspecified atom stereocenters. The molecule has 5 heteroatoms. The van der Waals surface area contributed by atoms with Crippen molar-refractivity contribution in [3.63, 3.8) is 0 Å². The van der Waals surface area contributed by atoms with Gasteiger partial charge in [-0.2, -0.15) is 13.2 Å². The molecule has 0 amide bonds. The fourth-order valence-electron chi connectivity index (χ4n) is 1.45. The Balaban J connectivity index is 3.08. The molecule has 0 saturated carbocycles. The quantitative estimate of drug-likeness (QED) is 0.874. The van der Waals surface area contributed by atoms with Crippen LogP contribution in [0.1, 0.15) is 25.0 Å². The second-order valence-electron chi connectivity index (χ2n) is 4.61. The fraction of sp³-hybridized carbons (Fsp3) is 0.500. The molecule has 1 aromatic carbocycles. The Morgan fingerprint density at radius 2 is 1.82 bits per heavy atom. The van der Waals surface area contributed by atoms with Crippen LogP contribution in [0, 0.1) is 0 Å². The maximum Gasteiger partial charge on any atom is 0.416 e. The maximum absolute atomic E-state index is 12.6. The highest BCUT2D eigenvalue weighted by molar-refractivity contribution is 6.31. The van der Waals surface area contributed by atoms with Gasteiger partial charge in [0.15, 0.2) is 0 Å². The van der Waals surface area contributed by atoms with Gasteiger partial charge in [0.1, 0.15) is 0 Å². The third-order valence-corrected chi connectivity index (χ3v) is 3.05. The van der Waals surface area contributed by atoms with Gasteiger partial charge < -0.3 is 5.32 Å². The lowest BCUT2D eigenvalue weighted by Gasteiger charge is -2.25. The van der Waals surface area contributed by atoms with E-state index in [1.54, 1.807) is 7.05 Å². The van der Waals surface area contributed by atoms with Gasteiger partial charge in [-0.15, -0.1) is 0 Å². The SMILES string of the molecule is CNC(C)(C)Cc1cc(C(F)(F)F)ccc1Cl. The van der Waals surface area contributed by atoms with E-state index in [-0.39, 0.29) is 5.54 Å². The molecular weight excluding hydrogens is 251 g/mol. The number of hydrogen-bond donors (Lipinski definition) is 1. The van der Waals surface area contributed by atoms with E-state index in [9.17, 15) is 13.2 Å². The molecule has 0 aliphatic rings. The third-order valence-electron chi connectivity index (χ3n) is 2.68. The first-order valence-electron chi connectivity index (χ1n) is 5.20. The van der Waals surface area contributed by atoms with E-state index < -0.39 is 11.7 Å². The number of likely N-dealkylation sites (N-methyl/N-ethyl adjacent to an activating group) is 1. The predicted octanol–water partition coefficient (Wildman–Crippen LogP) is 3.90. The van der Waals surface area contributed by atoms with Gasteiger partial charge in [0.05, 0.1) is 5.56 Å². The number of hydrogen-bond acceptors (Lipinski definition) is 1. The molecule has 0 atom stereocenters. The Bertz CT molecular complexity index is 399. The van der Waals surface area contributed by atoms with Crippen molar-refractivity contribution >= 4 is 11.6 Å². The van der Waals surface area contributed by atoms with Crippen LogP contribution in [0.25, 0.3) is 0 Å².